The normalized spacial score (nSPS) is 10.4. The number of hydrogen-bond donors (Lipinski definition) is 1. The Labute approximate surface area is 118 Å². The zero-order valence-electron chi connectivity index (χ0n) is 11.0. The molecule has 1 N–H and O–H groups in total. The van der Waals surface area contributed by atoms with Crippen LogP contribution in [0.2, 0.25) is 0 Å². The number of rotatable bonds is 0. The minimum Gasteiger partial charge on any atom is -0.356 e. The summed E-state index contributed by atoms with van der Waals surface area (Å²) in [5.74, 6) is 0. The molecule has 0 aliphatic carbocycles. The maximum Gasteiger partial charge on any atom is 2.00 e. The molecule has 2 rings (SSSR count). The van der Waals surface area contributed by atoms with Crippen LogP contribution in [0.5, 0.6) is 0 Å². The third-order valence-electron chi connectivity index (χ3n) is 2.02. The molecule has 3 nitrogen and oxygen atoms in total. The number of aromatic amines is 1. The van der Waals surface area contributed by atoms with E-state index in [2.05, 4.69) is 42.1 Å². The SMILES string of the molecule is CC(C)(C)c1cc2[nH]ncc2[c-]n1.C[CH-]C.[W+2]. The first kappa shape index (κ1) is 16.3. The van der Waals surface area contributed by atoms with Gasteiger partial charge in [0.1, 0.15) is 0 Å². The Bertz CT molecular complexity index is 443. The molecule has 0 atom stereocenters. The van der Waals surface area contributed by atoms with Crippen LogP contribution in [0.25, 0.3) is 10.9 Å². The van der Waals surface area contributed by atoms with E-state index in [0.29, 0.717) is 0 Å². The van der Waals surface area contributed by atoms with E-state index in [0.717, 1.165) is 16.6 Å². The third kappa shape index (κ3) is 4.59. The molecule has 2 heterocycles. The number of nitrogens with one attached hydrogen (secondary N) is 1. The zero-order valence-corrected chi connectivity index (χ0v) is 14.0. The second-order valence-corrected chi connectivity index (χ2v) is 4.78. The fourth-order valence-corrected chi connectivity index (χ4v) is 1.17. The molecule has 92 valence electrons. The quantitative estimate of drug-likeness (QED) is 0.689. The van der Waals surface area contributed by atoms with Gasteiger partial charge in [-0.05, 0) is 29.0 Å². The van der Waals surface area contributed by atoms with Gasteiger partial charge < -0.3 is 16.5 Å². The van der Waals surface area contributed by atoms with Gasteiger partial charge in [0, 0.05) is 0 Å². The van der Waals surface area contributed by atoms with E-state index in [1.54, 1.807) is 6.20 Å². The second kappa shape index (κ2) is 6.90. The Balaban J connectivity index is 0.000000583. The van der Waals surface area contributed by atoms with E-state index < -0.39 is 0 Å². The molecule has 0 amide bonds. The predicted molar refractivity (Wildman–Crippen MR) is 67.1 cm³/mol. The summed E-state index contributed by atoms with van der Waals surface area (Å²) < 4.78 is 0. The fraction of sp³-hybridized carbons (Fsp3) is 0.462. The minimum absolute atomic E-state index is 0. The molecule has 0 aromatic carbocycles. The molecule has 0 bridgehead atoms. The van der Waals surface area contributed by atoms with Crippen LogP contribution in [0.3, 0.4) is 0 Å². The van der Waals surface area contributed by atoms with E-state index >= 15 is 0 Å². The summed E-state index contributed by atoms with van der Waals surface area (Å²) in [6, 6.07) is 2.03. The van der Waals surface area contributed by atoms with Gasteiger partial charge in [0.2, 0.25) is 0 Å². The average molecular weight is 401 g/mol. The number of aromatic nitrogens is 3. The Hall–Kier alpha value is -0.692. The van der Waals surface area contributed by atoms with Crippen molar-refractivity contribution >= 4 is 10.9 Å². The first-order valence-electron chi connectivity index (χ1n) is 5.45. The van der Waals surface area contributed by atoms with Gasteiger partial charge in [-0.15, -0.1) is 0 Å². The van der Waals surface area contributed by atoms with E-state index in [1.807, 2.05) is 26.3 Å². The standard InChI is InChI=1S/C10H12N3.C3H7.W/c1-10(2,3)9-4-8-7(5-11-9)6-12-13-8;1-3-2;/h4,6H,1-3H3,(H,12,13);3H,1-2H3;/q2*-1;+2. The molecule has 0 saturated carbocycles. The molecule has 0 aliphatic heterocycles. The van der Waals surface area contributed by atoms with Gasteiger partial charge in [-0.2, -0.15) is 13.8 Å². The van der Waals surface area contributed by atoms with Crippen molar-refractivity contribution in [3.8, 4) is 0 Å². The van der Waals surface area contributed by atoms with Crippen molar-refractivity contribution in [2.45, 2.75) is 40.0 Å². The molecule has 17 heavy (non-hydrogen) atoms. The molecule has 0 aliphatic rings. The number of hydrogen-bond acceptors (Lipinski definition) is 2. The van der Waals surface area contributed by atoms with Crippen LogP contribution in [0.15, 0.2) is 12.3 Å². The smallest absolute Gasteiger partial charge is 0.356 e. The monoisotopic (exact) mass is 401 g/mol. The van der Waals surface area contributed by atoms with E-state index in [9.17, 15) is 0 Å². The molecule has 2 aromatic rings. The van der Waals surface area contributed by atoms with Gasteiger partial charge in [-0.1, -0.05) is 32.2 Å². The van der Waals surface area contributed by atoms with Crippen molar-refractivity contribution < 1.29 is 21.1 Å². The fourth-order valence-electron chi connectivity index (χ4n) is 1.17. The van der Waals surface area contributed by atoms with Gasteiger partial charge in [0.25, 0.3) is 0 Å². The molecule has 4 heteroatoms. The number of H-pyrrole nitrogens is 1. The Kier molecular flexibility index (Phi) is 6.62. The topological polar surface area (TPSA) is 41.6 Å². The van der Waals surface area contributed by atoms with Crippen LogP contribution in [-0.2, 0) is 26.5 Å². The summed E-state index contributed by atoms with van der Waals surface area (Å²) in [6.45, 7) is 10.4. The van der Waals surface area contributed by atoms with E-state index in [-0.39, 0.29) is 26.5 Å². The molecule has 0 saturated heterocycles. The van der Waals surface area contributed by atoms with Gasteiger partial charge in [-0.3, -0.25) is 0 Å². The summed E-state index contributed by atoms with van der Waals surface area (Å²) in [6.07, 6.45) is 6.69. The Morgan fingerprint density at radius 2 is 1.88 bits per heavy atom. The van der Waals surface area contributed by atoms with Crippen LogP contribution in [-0.4, -0.2) is 15.2 Å². The molecule has 2 aromatic heterocycles. The number of fused-ring (bicyclic) bond motifs is 1. The predicted octanol–water partition coefficient (Wildman–Crippen LogP) is 3.28. The average Bonchev–Trinajstić information content (AvgIpc) is 2.63. The molecule has 0 fully saturated rings. The second-order valence-electron chi connectivity index (χ2n) is 4.78. The maximum absolute atomic E-state index is 4.27. The molecule has 0 unspecified atom stereocenters. The summed E-state index contributed by atoms with van der Waals surface area (Å²) in [5, 5.41) is 7.78. The van der Waals surface area contributed by atoms with E-state index in [1.165, 1.54) is 0 Å². The van der Waals surface area contributed by atoms with Crippen LogP contribution in [0.4, 0.5) is 0 Å². The maximum atomic E-state index is 4.27. The van der Waals surface area contributed by atoms with Crippen LogP contribution < -0.4 is 0 Å². The van der Waals surface area contributed by atoms with Crippen molar-refractivity contribution in [1.29, 1.82) is 0 Å². The molecule has 0 spiro atoms. The molecular weight excluding hydrogens is 382 g/mol. The van der Waals surface area contributed by atoms with Crippen molar-refractivity contribution in [2.75, 3.05) is 0 Å². The van der Waals surface area contributed by atoms with Gasteiger partial charge >= 0.3 is 21.1 Å². The summed E-state index contributed by atoms with van der Waals surface area (Å²) in [4.78, 5) is 4.27. The number of nitrogens with zero attached hydrogens (tertiary/aromatic N) is 2. The van der Waals surface area contributed by atoms with Gasteiger partial charge in [-0.25, -0.2) is 5.10 Å². The van der Waals surface area contributed by atoms with Crippen molar-refractivity contribution in [2.24, 2.45) is 0 Å². The third-order valence-corrected chi connectivity index (χ3v) is 2.02. The van der Waals surface area contributed by atoms with Crippen LogP contribution >= 0.6 is 0 Å². The molecule has 0 radical (unpaired) electrons. The first-order chi connectivity index (χ1) is 7.49. The van der Waals surface area contributed by atoms with Gasteiger partial charge in [0.15, 0.2) is 0 Å². The van der Waals surface area contributed by atoms with Crippen LogP contribution in [0, 0.1) is 12.6 Å². The minimum atomic E-state index is 0. The first-order valence-corrected chi connectivity index (χ1v) is 5.45. The Morgan fingerprint density at radius 3 is 2.41 bits per heavy atom. The van der Waals surface area contributed by atoms with Crippen molar-refractivity contribution in [1.82, 2.24) is 15.2 Å². The van der Waals surface area contributed by atoms with Crippen molar-refractivity contribution in [3.63, 3.8) is 0 Å². The Morgan fingerprint density at radius 1 is 1.29 bits per heavy atom. The number of pyridine rings is 1. The summed E-state index contributed by atoms with van der Waals surface area (Å²) in [5.41, 5.74) is 2.10. The molecular formula is C13H19N3W. The summed E-state index contributed by atoms with van der Waals surface area (Å²) in [7, 11) is 0. The van der Waals surface area contributed by atoms with E-state index in [4.69, 9.17) is 0 Å². The summed E-state index contributed by atoms with van der Waals surface area (Å²) >= 11 is 0. The largest absolute Gasteiger partial charge is 2.00 e. The van der Waals surface area contributed by atoms with Gasteiger partial charge in [0.05, 0.1) is 0 Å². The van der Waals surface area contributed by atoms with Crippen molar-refractivity contribution in [3.05, 3.63) is 30.6 Å². The zero-order chi connectivity index (χ0) is 12.2. The van der Waals surface area contributed by atoms with Crippen LogP contribution in [0.1, 0.15) is 40.3 Å².